The molecule has 1 atom stereocenters. The van der Waals surface area contributed by atoms with Gasteiger partial charge in [0.25, 0.3) is 5.89 Å². The summed E-state index contributed by atoms with van der Waals surface area (Å²) in [5.41, 5.74) is -0.137. The lowest BCUT2D eigenvalue weighted by Gasteiger charge is -2.51. The second kappa shape index (κ2) is 9.76. The van der Waals surface area contributed by atoms with Crippen molar-refractivity contribution in [2.75, 3.05) is 19.6 Å². The Labute approximate surface area is 226 Å². The van der Waals surface area contributed by atoms with Crippen LogP contribution in [0.5, 0.6) is 5.75 Å². The van der Waals surface area contributed by atoms with Crippen LogP contribution in [0.2, 0.25) is 10.0 Å². The zero-order valence-electron chi connectivity index (χ0n) is 20.3. The molecule has 190 valence electrons. The van der Waals surface area contributed by atoms with Gasteiger partial charge in [0.15, 0.2) is 18.2 Å². The molecule has 6 nitrogen and oxygen atoms in total. The molecule has 3 saturated heterocycles. The molecular weight excluding hydrogens is 509 g/mol. The highest BCUT2D eigenvalue weighted by molar-refractivity contribution is 6.42. The van der Waals surface area contributed by atoms with Crippen LogP contribution in [0.3, 0.4) is 0 Å². The van der Waals surface area contributed by atoms with E-state index in [0.29, 0.717) is 39.5 Å². The Hall–Kier alpha value is -2.90. The van der Waals surface area contributed by atoms with E-state index < -0.39 is 5.60 Å². The second-order valence-corrected chi connectivity index (χ2v) is 11.0. The number of rotatable bonds is 7. The fourth-order valence-electron chi connectivity index (χ4n) is 5.84. The average molecular weight is 537 g/mol. The molecule has 0 spiro atoms. The monoisotopic (exact) mass is 536 g/mol. The van der Waals surface area contributed by atoms with Gasteiger partial charge in [0.2, 0.25) is 5.82 Å². The molecule has 3 aromatic carbocycles. The van der Waals surface area contributed by atoms with Crippen molar-refractivity contribution >= 4 is 23.2 Å². The van der Waals surface area contributed by atoms with Gasteiger partial charge in [0, 0.05) is 24.8 Å². The lowest BCUT2D eigenvalue weighted by molar-refractivity contribution is -0.959. The van der Waals surface area contributed by atoms with E-state index in [-0.39, 0.29) is 11.9 Å². The van der Waals surface area contributed by atoms with Crippen LogP contribution >= 0.6 is 23.2 Å². The van der Waals surface area contributed by atoms with Gasteiger partial charge in [-0.1, -0.05) is 89.0 Å². The van der Waals surface area contributed by atoms with E-state index in [1.165, 1.54) is 0 Å². The first-order valence-corrected chi connectivity index (χ1v) is 13.3. The summed E-state index contributed by atoms with van der Waals surface area (Å²) in [5, 5.41) is 17.3. The van der Waals surface area contributed by atoms with Crippen LogP contribution in [0.4, 0.5) is 0 Å². The van der Waals surface area contributed by atoms with E-state index in [0.717, 1.165) is 42.7 Å². The number of ether oxygens (including phenoxy) is 1. The number of nitrogens with zero attached hydrogens (tertiary/aromatic N) is 3. The van der Waals surface area contributed by atoms with Crippen molar-refractivity contribution in [1.82, 2.24) is 10.1 Å². The van der Waals surface area contributed by atoms with Gasteiger partial charge in [0.05, 0.1) is 23.1 Å². The fourth-order valence-corrected chi connectivity index (χ4v) is 6.13. The maximum absolute atomic E-state index is 12.0. The first-order valence-electron chi connectivity index (χ1n) is 12.6. The van der Waals surface area contributed by atoms with E-state index in [2.05, 4.69) is 5.16 Å². The molecule has 1 N–H and O–H groups in total. The van der Waals surface area contributed by atoms with Crippen LogP contribution in [0.25, 0.3) is 0 Å². The maximum Gasteiger partial charge on any atom is 0.282 e. The summed E-state index contributed by atoms with van der Waals surface area (Å²) < 4.78 is 13.0. The summed E-state index contributed by atoms with van der Waals surface area (Å²) >= 11 is 12.3. The topological polar surface area (TPSA) is 68.4 Å². The molecule has 3 aliphatic heterocycles. The third kappa shape index (κ3) is 4.64. The lowest BCUT2D eigenvalue weighted by Crippen LogP contribution is -2.64. The summed E-state index contributed by atoms with van der Waals surface area (Å²) in [7, 11) is 0. The first kappa shape index (κ1) is 24.4. The summed E-state index contributed by atoms with van der Waals surface area (Å²) in [6.07, 6.45) is 2.23. The molecule has 8 heteroatoms. The van der Waals surface area contributed by atoms with Gasteiger partial charge in [-0.2, -0.15) is 4.98 Å². The van der Waals surface area contributed by atoms with Crippen molar-refractivity contribution < 1.29 is 18.8 Å². The molecule has 2 bridgehead atoms. The molecule has 0 radical (unpaired) electrons. The molecule has 0 amide bonds. The van der Waals surface area contributed by atoms with E-state index >= 15 is 0 Å². The van der Waals surface area contributed by atoms with Crippen LogP contribution in [0, 0.1) is 5.92 Å². The van der Waals surface area contributed by atoms with Gasteiger partial charge in [-0.15, -0.1) is 0 Å². The van der Waals surface area contributed by atoms with Gasteiger partial charge >= 0.3 is 0 Å². The normalized spacial score (nSPS) is 23.2. The molecule has 1 aromatic heterocycles. The average Bonchev–Trinajstić information content (AvgIpc) is 3.40. The minimum Gasteiger partial charge on any atom is -0.484 e. The minimum atomic E-state index is -1.52. The number of halogens is 2. The zero-order valence-corrected chi connectivity index (χ0v) is 21.8. The van der Waals surface area contributed by atoms with E-state index in [1.807, 2.05) is 66.7 Å². The highest BCUT2D eigenvalue weighted by Gasteiger charge is 2.48. The lowest BCUT2D eigenvalue weighted by atomic mass is 9.83. The zero-order chi connectivity index (χ0) is 25.5. The number of aliphatic hydroxyl groups is 1. The molecule has 3 fully saturated rings. The summed E-state index contributed by atoms with van der Waals surface area (Å²) in [5.74, 6) is 2.01. The van der Waals surface area contributed by atoms with Gasteiger partial charge in [0.1, 0.15) is 12.3 Å². The first-order chi connectivity index (χ1) is 18.0. The molecule has 0 aliphatic carbocycles. The Bertz CT molecular complexity index is 1330. The number of hydrogen-bond acceptors (Lipinski definition) is 5. The quantitative estimate of drug-likeness (QED) is 0.300. The SMILES string of the molecule is OC(c1ccccc1)(c1ccccc1)c1noc(C[N+]23CCC(CC2)[C@@H](Oc2ccc(Cl)c(Cl)c2)C3)n1. The van der Waals surface area contributed by atoms with Crippen molar-refractivity contribution in [1.29, 1.82) is 0 Å². The van der Waals surface area contributed by atoms with Gasteiger partial charge in [-0.25, -0.2) is 0 Å². The van der Waals surface area contributed by atoms with Crippen LogP contribution in [-0.4, -0.2) is 45.5 Å². The predicted octanol–water partition coefficient (Wildman–Crippen LogP) is 5.85. The Morgan fingerprint density at radius 3 is 2.19 bits per heavy atom. The van der Waals surface area contributed by atoms with Crippen molar-refractivity contribution in [3.8, 4) is 5.75 Å². The van der Waals surface area contributed by atoms with E-state index in [1.54, 1.807) is 12.1 Å². The third-order valence-corrected chi connectivity index (χ3v) is 8.60. The van der Waals surface area contributed by atoms with Crippen LogP contribution in [0.1, 0.15) is 35.7 Å². The van der Waals surface area contributed by atoms with Crippen molar-refractivity contribution in [3.05, 3.63) is 112 Å². The number of fused-ring (bicyclic) bond motifs is 3. The van der Waals surface area contributed by atoms with Gasteiger partial charge in [-0.05, 0) is 23.3 Å². The number of aromatic nitrogens is 2. The van der Waals surface area contributed by atoms with E-state index in [4.69, 9.17) is 37.4 Å². The van der Waals surface area contributed by atoms with E-state index in [9.17, 15) is 5.11 Å². The van der Waals surface area contributed by atoms with Crippen LogP contribution in [0.15, 0.2) is 83.4 Å². The third-order valence-electron chi connectivity index (χ3n) is 7.87. The summed E-state index contributed by atoms with van der Waals surface area (Å²) in [4.78, 5) is 4.75. The standard InChI is InChI=1S/C29H28Cl2N3O3/c30-24-12-11-23(17-25(24)31)36-26-18-34(15-13-20(26)14-16-34)19-27-32-28(33-37-27)29(35,21-7-3-1-4-8-21)22-9-5-2-6-10-22/h1-12,17,20,26,35H,13-16,18-19H2/q+1/t20?,26-,34?/m0/s1. The molecule has 4 heterocycles. The Kier molecular flexibility index (Phi) is 6.45. The largest absolute Gasteiger partial charge is 0.484 e. The number of benzene rings is 3. The number of hydrogen-bond donors (Lipinski definition) is 1. The van der Waals surface area contributed by atoms with Gasteiger partial charge < -0.3 is 18.8 Å². The highest BCUT2D eigenvalue weighted by Crippen LogP contribution is 2.39. The maximum atomic E-state index is 12.0. The Morgan fingerprint density at radius 1 is 0.919 bits per heavy atom. The molecule has 37 heavy (non-hydrogen) atoms. The smallest absolute Gasteiger partial charge is 0.282 e. The molecule has 0 unspecified atom stereocenters. The van der Waals surface area contributed by atoms with Crippen molar-refractivity contribution in [2.24, 2.45) is 5.92 Å². The molecule has 3 aliphatic rings. The Morgan fingerprint density at radius 2 is 1.57 bits per heavy atom. The van der Waals surface area contributed by atoms with Crippen LogP contribution < -0.4 is 4.74 Å². The molecule has 7 rings (SSSR count). The van der Waals surface area contributed by atoms with Gasteiger partial charge in [-0.3, -0.25) is 0 Å². The molecule has 0 saturated carbocycles. The summed E-state index contributed by atoms with van der Waals surface area (Å²) in [6.45, 7) is 3.52. The van der Waals surface area contributed by atoms with Crippen molar-refractivity contribution in [3.63, 3.8) is 0 Å². The second-order valence-electron chi connectivity index (χ2n) is 10.2. The fraction of sp³-hybridized carbons (Fsp3) is 0.310. The molecular formula is C29H28Cl2N3O3+. The summed E-state index contributed by atoms with van der Waals surface area (Å²) in [6, 6.07) is 24.4. The highest BCUT2D eigenvalue weighted by atomic mass is 35.5. The van der Waals surface area contributed by atoms with Crippen LogP contribution in [-0.2, 0) is 12.1 Å². The predicted molar refractivity (Wildman–Crippen MR) is 141 cm³/mol. The number of quaternary nitrogens is 1. The minimum absolute atomic E-state index is 0.0766. The Balaban J connectivity index is 1.25. The van der Waals surface area contributed by atoms with Crippen molar-refractivity contribution in [2.45, 2.75) is 31.1 Å². The molecule has 4 aromatic rings. The number of piperidine rings is 3.